The molecule has 8 heteroatoms. The van der Waals surface area contributed by atoms with E-state index in [1.165, 1.54) is 0 Å². The molecule has 0 unspecified atom stereocenters. The molecule has 178 valence electrons. The zero-order valence-corrected chi connectivity index (χ0v) is 19.5. The number of benzene rings is 2. The number of hydrogen-bond acceptors (Lipinski definition) is 6. The van der Waals surface area contributed by atoms with Gasteiger partial charge in [0.05, 0.1) is 11.2 Å². The Labute approximate surface area is 204 Å². The molecule has 0 aliphatic heterocycles. The summed E-state index contributed by atoms with van der Waals surface area (Å²) in [6.07, 6.45) is 3.61. The highest BCUT2D eigenvalue weighted by Gasteiger charge is 2.13. The number of aromatic nitrogens is 2. The summed E-state index contributed by atoms with van der Waals surface area (Å²) in [6, 6.07) is 22.4. The summed E-state index contributed by atoms with van der Waals surface area (Å²) in [5, 5.41) is 6.62. The van der Waals surface area contributed by atoms with Crippen molar-refractivity contribution in [2.24, 2.45) is 0 Å². The Kier molecular flexibility index (Phi) is 7.85. The van der Waals surface area contributed by atoms with Crippen molar-refractivity contribution < 1.29 is 14.3 Å². The number of hydrogen-bond donors (Lipinski definition) is 2. The lowest BCUT2D eigenvalue weighted by molar-refractivity contribution is 0.102. The van der Waals surface area contributed by atoms with Crippen molar-refractivity contribution in [3.8, 4) is 0 Å². The van der Waals surface area contributed by atoms with Gasteiger partial charge in [0.25, 0.3) is 5.91 Å². The van der Waals surface area contributed by atoms with E-state index in [0.29, 0.717) is 30.0 Å². The van der Waals surface area contributed by atoms with Gasteiger partial charge < -0.3 is 20.3 Å². The van der Waals surface area contributed by atoms with Gasteiger partial charge in [-0.15, -0.1) is 0 Å². The van der Waals surface area contributed by atoms with Crippen molar-refractivity contribution in [1.82, 2.24) is 15.3 Å². The Morgan fingerprint density at radius 2 is 1.74 bits per heavy atom. The Morgan fingerprint density at radius 3 is 2.54 bits per heavy atom. The Bertz CT molecular complexity index is 1280. The fourth-order valence-corrected chi connectivity index (χ4v) is 3.68. The Hall–Kier alpha value is -4.46. The first-order valence-electron chi connectivity index (χ1n) is 11.4. The first kappa shape index (κ1) is 23.7. The van der Waals surface area contributed by atoms with Crippen LogP contribution in [0.5, 0.6) is 0 Å². The third kappa shape index (κ3) is 6.32. The lowest BCUT2D eigenvalue weighted by Gasteiger charge is -2.21. The molecular weight excluding hydrogens is 442 g/mol. The van der Waals surface area contributed by atoms with E-state index < -0.39 is 6.09 Å². The zero-order chi connectivity index (χ0) is 24.5. The number of fused-ring (bicyclic) bond motifs is 1. The molecule has 35 heavy (non-hydrogen) atoms. The average Bonchev–Trinajstić information content (AvgIpc) is 2.90. The molecule has 0 saturated carbocycles. The molecule has 0 atom stereocenters. The van der Waals surface area contributed by atoms with Gasteiger partial charge in [-0.05, 0) is 36.2 Å². The van der Waals surface area contributed by atoms with Crippen LogP contribution < -0.4 is 15.5 Å². The predicted molar refractivity (Wildman–Crippen MR) is 136 cm³/mol. The third-order valence-corrected chi connectivity index (χ3v) is 5.46. The monoisotopic (exact) mass is 469 g/mol. The van der Waals surface area contributed by atoms with Gasteiger partial charge in [0.15, 0.2) is 0 Å². The topological polar surface area (TPSA) is 96.5 Å². The van der Waals surface area contributed by atoms with Crippen molar-refractivity contribution in [2.75, 3.05) is 30.4 Å². The van der Waals surface area contributed by atoms with E-state index in [-0.39, 0.29) is 12.5 Å². The SMILES string of the molecule is CN(CCCNC(=O)OCc1ccccc1)c1ccnc2c(NC(=O)c3ccccn3)cccc12. The van der Waals surface area contributed by atoms with Crippen molar-refractivity contribution >= 4 is 34.3 Å². The molecule has 0 aliphatic carbocycles. The van der Waals surface area contributed by atoms with E-state index in [2.05, 4.69) is 25.5 Å². The molecule has 2 amide bonds. The van der Waals surface area contributed by atoms with Crippen LogP contribution in [-0.4, -0.2) is 42.1 Å². The molecular formula is C27H27N5O3. The lowest BCUT2D eigenvalue weighted by atomic mass is 10.1. The van der Waals surface area contributed by atoms with Gasteiger partial charge in [-0.3, -0.25) is 14.8 Å². The minimum absolute atomic E-state index is 0.245. The van der Waals surface area contributed by atoms with E-state index >= 15 is 0 Å². The van der Waals surface area contributed by atoms with Crippen LogP contribution in [-0.2, 0) is 11.3 Å². The van der Waals surface area contributed by atoms with Gasteiger partial charge in [-0.1, -0.05) is 48.5 Å². The maximum absolute atomic E-state index is 12.6. The molecule has 0 aliphatic rings. The number of alkyl carbamates (subject to hydrolysis) is 1. The molecule has 4 rings (SSSR count). The molecule has 2 heterocycles. The highest BCUT2D eigenvalue weighted by atomic mass is 16.5. The summed E-state index contributed by atoms with van der Waals surface area (Å²) < 4.78 is 5.24. The minimum Gasteiger partial charge on any atom is -0.445 e. The highest BCUT2D eigenvalue weighted by Crippen LogP contribution is 2.29. The smallest absolute Gasteiger partial charge is 0.407 e. The van der Waals surface area contributed by atoms with Crippen LogP contribution in [0.25, 0.3) is 10.9 Å². The van der Waals surface area contributed by atoms with Crippen LogP contribution >= 0.6 is 0 Å². The summed E-state index contributed by atoms with van der Waals surface area (Å²) in [5.74, 6) is -0.288. The largest absolute Gasteiger partial charge is 0.445 e. The fourth-order valence-electron chi connectivity index (χ4n) is 3.68. The van der Waals surface area contributed by atoms with Crippen LogP contribution in [0.4, 0.5) is 16.2 Å². The number of rotatable bonds is 9. The van der Waals surface area contributed by atoms with Gasteiger partial charge in [-0.25, -0.2) is 4.79 Å². The van der Waals surface area contributed by atoms with Crippen LogP contribution in [0.2, 0.25) is 0 Å². The number of pyridine rings is 2. The second-order valence-corrected chi connectivity index (χ2v) is 7.96. The normalized spacial score (nSPS) is 10.5. The maximum Gasteiger partial charge on any atom is 0.407 e. The molecule has 0 spiro atoms. The minimum atomic E-state index is -0.431. The quantitative estimate of drug-likeness (QED) is 0.347. The van der Waals surface area contributed by atoms with Gasteiger partial charge in [0.2, 0.25) is 0 Å². The molecule has 0 fully saturated rings. The van der Waals surface area contributed by atoms with Gasteiger partial charge >= 0.3 is 6.09 Å². The maximum atomic E-state index is 12.6. The van der Waals surface area contributed by atoms with Gasteiger partial charge in [-0.2, -0.15) is 0 Å². The van der Waals surface area contributed by atoms with E-state index in [1.54, 1.807) is 30.6 Å². The highest BCUT2D eigenvalue weighted by molar-refractivity contribution is 6.09. The van der Waals surface area contributed by atoms with Crippen LogP contribution in [0.3, 0.4) is 0 Å². The summed E-state index contributed by atoms with van der Waals surface area (Å²) in [5.41, 5.74) is 3.59. The first-order chi connectivity index (χ1) is 17.1. The van der Waals surface area contributed by atoms with E-state index in [0.717, 1.165) is 23.1 Å². The average molecular weight is 470 g/mol. The number of ether oxygens (including phenoxy) is 1. The van der Waals surface area contributed by atoms with Gasteiger partial charge in [0.1, 0.15) is 12.3 Å². The molecule has 0 bridgehead atoms. The van der Waals surface area contributed by atoms with Crippen molar-refractivity contribution in [3.63, 3.8) is 0 Å². The summed E-state index contributed by atoms with van der Waals surface area (Å²) in [7, 11) is 1.99. The number of amides is 2. The second kappa shape index (κ2) is 11.6. The number of carbonyl (C=O) groups excluding carboxylic acids is 2. The number of carbonyl (C=O) groups is 2. The molecule has 2 aromatic heterocycles. The number of anilines is 2. The fraction of sp³-hybridized carbons (Fsp3) is 0.185. The Balaban J connectivity index is 1.33. The standard InChI is InChI=1S/C27H27N5O3/c1-32(18-8-16-30-27(34)35-19-20-9-3-2-4-10-20)24-14-17-29-25-21(24)11-7-13-22(25)31-26(33)23-12-5-6-15-28-23/h2-7,9-15,17H,8,16,18-19H2,1H3,(H,30,34)(H,31,33). The second-order valence-electron chi connectivity index (χ2n) is 7.96. The summed E-state index contributed by atoms with van der Waals surface area (Å²) in [4.78, 5) is 35.2. The van der Waals surface area contributed by atoms with Crippen molar-refractivity contribution in [3.05, 3.63) is 96.4 Å². The number of nitrogens with one attached hydrogen (secondary N) is 2. The van der Waals surface area contributed by atoms with Crippen LogP contribution in [0.15, 0.2) is 85.2 Å². The predicted octanol–water partition coefficient (Wildman–Crippen LogP) is 4.63. The van der Waals surface area contributed by atoms with E-state index in [1.807, 2.05) is 61.6 Å². The molecule has 8 nitrogen and oxygen atoms in total. The first-order valence-corrected chi connectivity index (χ1v) is 11.4. The van der Waals surface area contributed by atoms with Crippen molar-refractivity contribution in [2.45, 2.75) is 13.0 Å². The molecule has 0 saturated heterocycles. The van der Waals surface area contributed by atoms with E-state index in [9.17, 15) is 9.59 Å². The molecule has 2 aromatic carbocycles. The molecule has 2 N–H and O–H groups in total. The summed E-state index contributed by atoms with van der Waals surface area (Å²) >= 11 is 0. The summed E-state index contributed by atoms with van der Waals surface area (Å²) in [6.45, 7) is 1.45. The van der Waals surface area contributed by atoms with Crippen molar-refractivity contribution in [1.29, 1.82) is 0 Å². The van der Waals surface area contributed by atoms with Crippen LogP contribution in [0.1, 0.15) is 22.5 Å². The number of nitrogens with zero attached hydrogens (tertiary/aromatic N) is 3. The number of para-hydroxylation sites is 1. The molecule has 4 aromatic rings. The lowest BCUT2D eigenvalue weighted by Crippen LogP contribution is -2.28. The third-order valence-electron chi connectivity index (χ3n) is 5.46. The molecule has 0 radical (unpaired) electrons. The zero-order valence-electron chi connectivity index (χ0n) is 19.5. The Morgan fingerprint density at radius 1 is 0.914 bits per heavy atom. The van der Waals surface area contributed by atoms with Gasteiger partial charge in [0, 0.05) is 43.6 Å². The van der Waals surface area contributed by atoms with Crippen LogP contribution in [0, 0.1) is 0 Å². The van der Waals surface area contributed by atoms with E-state index in [4.69, 9.17) is 4.74 Å².